The predicted octanol–water partition coefficient (Wildman–Crippen LogP) is 4.55. The molecule has 0 aliphatic rings. The second-order valence-corrected chi connectivity index (χ2v) is 8.71. The number of tetrazole rings is 1. The topological polar surface area (TPSA) is 117 Å². The van der Waals surface area contributed by atoms with Gasteiger partial charge in [0.2, 0.25) is 11.6 Å². The zero-order valence-electron chi connectivity index (χ0n) is 21.4. The Labute approximate surface area is 211 Å². The molecular weight excluding hydrogens is 456 g/mol. The number of aryl methyl sites for hydroxylation is 1. The maximum Gasteiger partial charge on any atom is 0.231 e. The van der Waals surface area contributed by atoms with Gasteiger partial charge in [0.25, 0.3) is 0 Å². The molecule has 190 valence electrons. The summed E-state index contributed by atoms with van der Waals surface area (Å²) in [6.45, 7) is 4.80. The van der Waals surface area contributed by atoms with Gasteiger partial charge in [-0.1, -0.05) is 63.4 Å². The number of aromatic amines is 1. The highest BCUT2D eigenvalue weighted by Gasteiger charge is 2.36. The third-order valence-corrected chi connectivity index (χ3v) is 6.31. The highest BCUT2D eigenvalue weighted by Crippen LogP contribution is 2.31. The summed E-state index contributed by atoms with van der Waals surface area (Å²) < 4.78 is 13.5. The molecule has 36 heavy (non-hydrogen) atoms. The minimum Gasteiger partial charge on any atom is -0.347 e. The zero-order chi connectivity index (χ0) is 25.4. The van der Waals surface area contributed by atoms with Crippen LogP contribution in [0.3, 0.4) is 0 Å². The van der Waals surface area contributed by atoms with Crippen LogP contribution < -0.4 is 0 Å². The van der Waals surface area contributed by atoms with Gasteiger partial charge >= 0.3 is 0 Å². The molecule has 0 unspecified atom stereocenters. The van der Waals surface area contributed by atoms with E-state index in [2.05, 4.69) is 40.5 Å². The van der Waals surface area contributed by atoms with Crippen LogP contribution in [0.4, 0.5) is 0 Å². The summed E-state index contributed by atoms with van der Waals surface area (Å²) in [5, 5.41) is 19.1. The van der Waals surface area contributed by atoms with Gasteiger partial charge in [-0.2, -0.15) is 0 Å². The van der Waals surface area contributed by atoms with Crippen molar-refractivity contribution in [3.63, 3.8) is 0 Å². The molecule has 0 radical (unpaired) electrons. The first-order valence-electron chi connectivity index (χ1n) is 12.5. The fraction of sp³-hybridized carbons (Fsp3) is 0.462. The van der Waals surface area contributed by atoms with Crippen molar-refractivity contribution < 1.29 is 9.47 Å². The molecule has 10 heteroatoms. The fourth-order valence-corrected chi connectivity index (χ4v) is 4.34. The summed E-state index contributed by atoms with van der Waals surface area (Å²) >= 11 is 0. The third kappa shape index (κ3) is 5.50. The molecule has 0 atom stereocenters. The van der Waals surface area contributed by atoms with Crippen LogP contribution in [0.1, 0.15) is 63.3 Å². The van der Waals surface area contributed by atoms with Crippen molar-refractivity contribution >= 4 is 0 Å². The number of rotatable bonds is 13. The van der Waals surface area contributed by atoms with E-state index in [-0.39, 0.29) is 0 Å². The summed E-state index contributed by atoms with van der Waals surface area (Å²) in [6.07, 6.45) is 7.61. The van der Waals surface area contributed by atoms with Crippen molar-refractivity contribution in [1.29, 1.82) is 0 Å². The minimum absolute atomic E-state index is 0.512. The number of unbranched alkanes of at least 4 members (excludes halogenated alkanes) is 2. The van der Waals surface area contributed by atoms with Crippen molar-refractivity contribution in [2.45, 2.75) is 64.7 Å². The largest absolute Gasteiger partial charge is 0.347 e. The summed E-state index contributed by atoms with van der Waals surface area (Å²) in [5.74, 6) is 1.15. The quantitative estimate of drug-likeness (QED) is 0.214. The van der Waals surface area contributed by atoms with Gasteiger partial charge in [-0.25, -0.2) is 14.8 Å². The molecule has 10 nitrogen and oxygen atoms in total. The normalized spacial score (nSPS) is 11.8. The molecule has 3 heterocycles. The molecule has 0 spiro atoms. The van der Waals surface area contributed by atoms with Crippen molar-refractivity contribution in [1.82, 2.24) is 40.4 Å². The van der Waals surface area contributed by atoms with Gasteiger partial charge in [-0.3, -0.25) is 4.98 Å². The number of hydrogen-bond donors (Lipinski definition) is 1. The first-order valence-corrected chi connectivity index (χ1v) is 12.5. The lowest BCUT2D eigenvalue weighted by atomic mass is 10.0. The average Bonchev–Trinajstić information content (AvgIpc) is 3.59. The molecule has 0 saturated heterocycles. The third-order valence-electron chi connectivity index (χ3n) is 6.31. The minimum atomic E-state index is -0.948. The predicted molar refractivity (Wildman–Crippen MR) is 136 cm³/mol. The van der Waals surface area contributed by atoms with E-state index in [9.17, 15) is 0 Å². The van der Waals surface area contributed by atoms with Crippen LogP contribution in [0.15, 0.2) is 42.6 Å². The van der Waals surface area contributed by atoms with Crippen LogP contribution >= 0.6 is 0 Å². The number of H-pyrrole nitrogens is 1. The van der Waals surface area contributed by atoms with Gasteiger partial charge in [0.15, 0.2) is 5.82 Å². The van der Waals surface area contributed by atoms with Crippen LogP contribution in [-0.2, 0) is 28.2 Å². The number of aromatic nitrogens is 8. The Kier molecular flexibility index (Phi) is 8.50. The molecular formula is C26H34N8O2. The van der Waals surface area contributed by atoms with Crippen LogP contribution in [0.25, 0.3) is 22.5 Å². The number of nitrogens with zero attached hydrogens (tertiary/aromatic N) is 7. The first kappa shape index (κ1) is 25.6. The monoisotopic (exact) mass is 490 g/mol. The van der Waals surface area contributed by atoms with E-state index in [1.165, 1.54) is 0 Å². The first-order chi connectivity index (χ1) is 17.6. The Balaban J connectivity index is 1.61. The smallest absolute Gasteiger partial charge is 0.231 e. The van der Waals surface area contributed by atoms with Crippen LogP contribution in [0.5, 0.6) is 0 Å². The highest BCUT2D eigenvalue weighted by atomic mass is 16.7. The van der Waals surface area contributed by atoms with Crippen molar-refractivity contribution in [2.24, 2.45) is 0 Å². The summed E-state index contributed by atoms with van der Waals surface area (Å²) in [4.78, 5) is 9.61. The zero-order valence-corrected chi connectivity index (χ0v) is 21.4. The molecule has 0 amide bonds. The Morgan fingerprint density at radius 3 is 2.42 bits per heavy atom. The molecule has 0 saturated carbocycles. The van der Waals surface area contributed by atoms with Crippen LogP contribution in [0, 0.1) is 0 Å². The standard InChI is InChI=1S/C26H34N8O2/c1-5-7-8-13-23-28-25(26(35-3,36-4)16-6-2)31-34(23)18-20-15-14-19(17-27-20)21-11-9-10-12-22(21)24-29-32-33-30-24/h9-12,14-15,17H,5-8,13,16,18H2,1-4H3,(H,29,30,32,33). The molecule has 4 rings (SSSR count). The van der Waals surface area contributed by atoms with E-state index < -0.39 is 5.79 Å². The number of methoxy groups -OCH3 is 2. The van der Waals surface area contributed by atoms with E-state index in [4.69, 9.17) is 24.5 Å². The lowest BCUT2D eigenvalue weighted by molar-refractivity contribution is -0.225. The van der Waals surface area contributed by atoms with Crippen molar-refractivity contribution in [2.75, 3.05) is 14.2 Å². The fourth-order valence-electron chi connectivity index (χ4n) is 4.34. The maximum absolute atomic E-state index is 5.77. The molecule has 0 aliphatic heterocycles. The number of benzene rings is 1. The van der Waals surface area contributed by atoms with Crippen molar-refractivity contribution in [3.8, 4) is 22.5 Å². The van der Waals surface area contributed by atoms with Gasteiger partial charge in [0, 0.05) is 44.4 Å². The van der Waals surface area contributed by atoms with Crippen LogP contribution in [0.2, 0.25) is 0 Å². The Morgan fingerprint density at radius 2 is 1.78 bits per heavy atom. The summed E-state index contributed by atoms with van der Waals surface area (Å²) in [7, 11) is 3.28. The van der Waals surface area contributed by atoms with E-state index >= 15 is 0 Å². The summed E-state index contributed by atoms with van der Waals surface area (Å²) in [5.41, 5.74) is 3.79. The van der Waals surface area contributed by atoms with Gasteiger partial charge in [-0.15, -0.1) is 10.2 Å². The Bertz CT molecular complexity index is 1220. The second kappa shape index (κ2) is 12.0. The molecule has 0 bridgehead atoms. The lowest BCUT2D eigenvalue weighted by Gasteiger charge is -2.27. The maximum atomic E-state index is 5.77. The SMILES string of the molecule is CCCCCc1nc(C(CCC)(OC)OC)nn1Cc1ccc(-c2ccccc2-c2nnn[nH]2)cn1. The Morgan fingerprint density at radius 1 is 0.972 bits per heavy atom. The van der Waals surface area contributed by atoms with Gasteiger partial charge in [-0.05, 0) is 28.5 Å². The van der Waals surface area contributed by atoms with Crippen LogP contribution in [-0.4, -0.2) is 54.6 Å². The molecule has 1 aromatic carbocycles. The number of pyridine rings is 1. The van der Waals surface area contributed by atoms with Gasteiger partial charge in [0.1, 0.15) is 5.82 Å². The molecule has 4 aromatic rings. The number of hydrogen-bond acceptors (Lipinski definition) is 8. The molecule has 3 aromatic heterocycles. The molecule has 1 N–H and O–H groups in total. The van der Waals surface area contributed by atoms with Gasteiger partial charge < -0.3 is 9.47 Å². The van der Waals surface area contributed by atoms with Gasteiger partial charge in [0.05, 0.1) is 12.2 Å². The average molecular weight is 491 g/mol. The number of ether oxygens (including phenoxy) is 2. The van der Waals surface area contributed by atoms with E-state index in [1.54, 1.807) is 14.2 Å². The molecule has 0 aliphatic carbocycles. The highest BCUT2D eigenvalue weighted by molar-refractivity contribution is 5.79. The summed E-state index contributed by atoms with van der Waals surface area (Å²) in [6, 6.07) is 12.1. The van der Waals surface area contributed by atoms with E-state index in [0.29, 0.717) is 24.6 Å². The second-order valence-electron chi connectivity index (χ2n) is 8.71. The molecule has 0 fully saturated rings. The lowest BCUT2D eigenvalue weighted by Crippen LogP contribution is -2.32. The number of nitrogens with one attached hydrogen (secondary N) is 1. The van der Waals surface area contributed by atoms with E-state index in [1.807, 2.05) is 41.2 Å². The van der Waals surface area contributed by atoms with Crippen molar-refractivity contribution in [3.05, 3.63) is 59.9 Å². The Hall–Kier alpha value is -3.50. The van der Waals surface area contributed by atoms with E-state index in [0.717, 1.165) is 60.3 Å².